The maximum atomic E-state index is 15.8. The molecule has 2 heterocycles. The number of aliphatic hydroxyl groups is 2. The third kappa shape index (κ3) is 7.97. The second-order valence-corrected chi connectivity index (χ2v) is 18.9. The number of alkyl carbamates (subject to hydrolysis) is 1. The summed E-state index contributed by atoms with van der Waals surface area (Å²) in [4.78, 5) is 98.2. The topological polar surface area (TPSA) is 246 Å². The molecule has 3 aliphatic carbocycles. The van der Waals surface area contributed by atoms with Crippen molar-refractivity contribution < 1.29 is 81.7 Å². The van der Waals surface area contributed by atoms with E-state index in [1.807, 2.05) is 0 Å². The summed E-state index contributed by atoms with van der Waals surface area (Å²) < 4.78 is 48.3. The number of carbonyl (C=O) groups is 7. The largest absolute Gasteiger partial charge is 0.509 e. The Labute approximate surface area is 370 Å². The molecule has 2 bridgehead atoms. The van der Waals surface area contributed by atoms with Crippen molar-refractivity contribution in [3.8, 4) is 0 Å². The first-order valence-electron chi connectivity index (χ1n) is 21.0. The summed E-state index contributed by atoms with van der Waals surface area (Å²) in [6, 6.07) is 6.27. The van der Waals surface area contributed by atoms with Crippen LogP contribution in [0.2, 0.25) is 0 Å². The number of allylic oxidation sites excluding steroid dienone is 2. The van der Waals surface area contributed by atoms with Crippen LogP contribution >= 0.6 is 0 Å². The van der Waals surface area contributed by atoms with Gasteiger partial charge in [0.15, 0.2) is 41.9 Å². The highest BCUT2D eigenvalue weighted by atomic mass is 16.8. The van der Waals surface area contributed by atoms with Crippen LogP contribution in [0, 0.1) is 16.7 Å². The van der Waals surface area contributed by atoms with Gasteiger partial charge in [-0.05, 0) is 78.7 Å². The molecule has 348 valence electrons. The number of ketones is 1. The fraction of sp³-hybridized carbons (Fsp3) is 0.587. The molecule has 64 heavy (non-hydrogen) atoms. The minimum Gasteiger partial charge on any atom is -0.454 e. The molecule has 2 aliphatic heterocycles. The van der Waals surface area contributed by atoms with Crippen molar-refractivity contribution in [1.29, 1.82) is 0 Å². The summed E-state index contributed by atoms with van der Waals surface area (Å²) in [5.74, 6) is -6.75. The first-order valence-corrected chi connectivity index (χ1v) is 21.0. The monoisotopic (exact) mass is 895 g/mol. The molecule has 18 heteroatoms. The molecule has 2 saturated heterocycles. The Bertz CT molecular complexity index is 2180. The SMILES string of the molecule is C/C=C/C(=O)O[C@H]1C(=O)[C@@]2(C)C([C@H](OC(=O)c3ccccc3)[C@]34OC(=O)O[C@H]3[C@H](OC(=O)[C@H](O)[C@H](C=C(C)C)NC(=O)OC(C)(C)C)C(C)=C1C4(C)C)[C@]1(OC(C)=O)CO[C@@H]1C[C@@H]2O. The lowest BCUT2D eigenvalue weighted by molar-refractivity contribution is -0.345. The zero-order valence-electron chi connectivity index (χ0n) is 37.7. The van der Waals surface area contributed by atoms with E-state index in [0.717, 1.165) is 13.0 Å². The molecule has 18 nitrogen and oxygen atoms in total. The Morgan fingerprint density at radius 3 is 2.20 bits per heavy atom. The van der Waals surface area contributed by atoms with Gasteiger partial charge in [0.25, 0.3) is 0 Å². The number of benzene rings is 1. The molecule has 1 unspecified atom stereocenters. The molecule has 12 atom stereocenters. The van der Waals surface area contributed by atoms with Crippen molar-refractivity contribution in [3.63, 3.8) is 0 Å². The van der Waals surface area contributed by atoms with E-state index < -0.39 is 124 Å². The van der Waals surface area contributed by atoms with Gasteiger partial charge in [0.2, 0.25) is 5.60 Å². The van der Waals surface area contributed by atoms with Gasteiger partial charge >= 0.3 is 36.1 Å². The Balaban J connectivity index is 1.64. The van der Waals surface area contributed by atoms with Crippen LogP contribution in [0.25, 0.3) is 0 Å². The summed E-state index contributed by atoms with van der Waals surface area (Å²) in [7, 11) is 0. The van der Waals surface area contributed by atoms with Crippen LogP contribution in [0.5, 0.6) is 0 Å². The number of fused-ring (bicyclic) bond motifs is 4. The van der Waals surface area contributed by atoms with Crippen LogP contribution in [0.1, 0.15) is 92.9 Å². The van der Waals surface area contributed by atoms with Gasteiger partial charge in [-0.1, -0.05) is 49.8 Å². The summed E-state index contributed by atoms with van der Waals surface area (Å²) in [6.07, 6.45) is -11.1. The van der Waals surface area contributed by atoms with Crippen molar-refractivity contribution in [3.05, 3.63) is 70.8 Å². The first-order chi connectivity index (χ1) is 29.8. The second-order valence-electron chi connectivity index (χ2n) is 18.9. The fourth-order valence-corrected chi connectivity index (χ4v) is 10.3. The average molecular weight is 896 g/mol. The summed E-state index contributed by atoms with van der Waals surface area (Å²) in [6.45, 7) is 16.3. The molecule has 4 fully saturated rings. The number of rotatable bonds is 10. The lowest BCUT2D eigenvalue weighted by Gasteiger charge is -2.67. The highest BCUT2D eigenvalue weighted by molar-refractivity contribution is 5.97. The number of Topliss-reactive ketones (excluding diaryl/α,β-unsaturated/α-hetero) is 1. The van der Waals surface area contributed by atoms with Gasteiger partial charge in [-0.3, -0.25) is 9.59 Å². The summed E-state index contributed by atoms with van der Waals surface area (Å²) in [5.41, 5.74) is -8.63. The predicted molar refractivity (Wildman–Crippen MR) is 221 cm³/mol. The number of hydrogen-bond acceptors (Lipinski definition) is 17. The van der Waals surface area contributed by atoms with Crippen molar-refractivity contribution in [2.24, 2.45) is 16.7 Å². The Morgan fingerprint density at radius 2 is 1.64 bits per heavy atom. The van der Waals surface area contributed by atoms with Crippen molar-refractivity contribution >= 4 is 41.9 Å². The maximum Gasteiger partial charge on any atom is 0.509 e. The number of ether oxygens (including phenoxy) is 8. The Hall–Kier alpha value is -5.59. The van der Waals surface area contributed by atoms with Crippen LogP contribution in [-0.2, 0) is 57.1 Å². The van der Waals surface area contributed by atoms with E-state index in [9.17, 15) is 39.0 Å². The van der Waals surface area contributed by atoms with E-state index in [1.165, 1.54) is 52.0 Å². The average Bonchev–Trinajstić information content (AvgIpc) is 3.55. The van der Waals surface area contributed by atoms with Crippen LogP contribution in [-0.4, -0.2) is 124 Å². The van der Waals surface area contributed by atoms with E-state index in [2.05, 4.69) is 5.32 Å². The molecule has 1 aromatic carbocycles. The molecule has 1 amide bonds. The van der Waals surface area contributed by atoms with Crippen LogP contribution < -0.4 is 5.32 Å². The number of amides is 1. The van der Waals surface area contributed by atoms with Gasteiger partial charge in [0.05, 0.1) is 35.6 Å². The highest BCUT2D eigenvalue weighted by Crippen LogP contribution is 2.67. The standard InChI is InChI=1S/C46H57NO17/c1-12-16-29(50)58-33-30-23(4)32(59-39(54)31(51)26(19-22(2)3)47-40(55)63-42(6,7)8)36-46(43(30,9)10,64-41(56)61-36)37(60-38(53)25-17-14-13-15-18-25)34-44(11,35(33)52)27(49)20-28-45(34,21-57-28)62-24(5)48/h12-19,26-28,31-34,36-37,49,51H,20-21H2,1-11H3,(H,47,55)/b16-12+/t26-,27-,28+,31+,32+,33+,34?,36-,37-,44+,45-,46+/m0/s1. The number of carbonyl (C=O) groups excluding carboxylic acids is 7. The number of hydrogen-bond donors (Lipinski definition) is 3. The molecule has 1 aromatic rings. The molecular formula is C46H57NO17. The summed E-state index contributed by atoms with van der Waals surface area (Å²) >= 11 is 0. The Morgan fingerprint density at radius 1 is 0.984 bits per heavy atom. The lowest BCUT2D eigenvalue weighted by atomic mass is 9.44. The second kappa shape index (κ2) is 17.1. The van der Waals surface area contributed by atoms with E-state index in [-0.39, 0.29) is 29.7 Å². The Kier molecular flexibility index (Phi) is 12.8. The lowest BCUT2D eigenvalue weighted by Crippen LogP contribution is -2.83. The first kappa shape index (κ1) is 47.9. The summed E-state index contributed by atoms with van der Waals surface area (Å²) in [5, 5.41) is 26.3. The maximum absolute atomic E-state index is 15.8. The molecule has 2 saturated carbocycles. The van der Waals surface area contributed by atoms with E-state index in [0.29, 0.717) is 5.57 Å². The van der Waals surface area contributed by atoms with E-state index in [1.54, 1.807) is 59.7 Å². The quantitative estimate of drug-likeness (QED) is 0.129. The zero-order chi connectivity index (χ0) is 47.5. The molecule has 0 aromatic heterocycles. The zero-order valence-corrected chi connectivity index (χ0v) is 37.7. The highest BCUT2D eigenvalue weighted by Gasteiger charge is 2.83. The van der Waals surface area contributed by atoms with Crippen LogP contribution in [0.3, 0.4) is 0 Å². The number of nitrogens with one attached hydrogen (secondary N) is 1. The van der Waals surface area contributed by atoms with Crippen molar-refractivity contribution in [2.45, 2.75) is 148 Å². The van der Waals surface area contributed by atoms with E-state index >= 15 is 4.79 Å². The molecule has 5 aliphatic rings. The normalized spacial score (nSPS) is 33.4. The molecule has 3 N–H and O–H groups in total. The molecule has 6 rings (SSSR count). The smallest absolute Gasteiger partial charge is 0.454 e. The molecular weight excluding hydrogens is 838 g/mol. The third-order valence-corrected chi connectivity index (χ3v) is 12.9. The van der Waals surface area contributed by atoms with Gasteiger partial charge in [0.1, 0.15) is 11.7 Å². The van der Waals surface area contributed by atoms with Gasteiger partial charge in [0, 0.05) is 24.8 Å². The predicted octanol–water partition coefficient (Wildman–Crippen LogP) is 4.13. The van der Waals surface area contributed by atoms with Gasteiger partial charge in [-0.15, -0.1) is 0 Å². The third-order valence-electron chi connectivity index (χ3n) is 12.9. The fourth-order valence-electron chi connectivity index (χ4n) is 10.3. The van der Waals surface area contributed by atoms with Gasteiger partial charge in [-0.25, -0.2) is 24.0 Å². The minimum atomic E-state index is -2.39. The number of esters is 4. The van der Waals surface area contributed by atoms with E-state index in [4.69, 9.17) is 37.9 Å². The molecule has 1 spiro atoms. The van der Waals surface area contributed by atoms with Crippen molar-refractivity contribution in [1.82, 2.24) is 5.32 Å². The van der Waals surface area contributed by atoms with Gasteiger partial charge < -0.3 is 53.4 Å². The van der Waals surface area contributed by atoms with Gasteiger partial charge in [-0.2, -0.15) is 0 Å². The number of aliphatic hydroxyl groups excluding tert-OH is 2. The van der Waals surface area contributed by atoms with Crippen molar-refractivity contribution in [2.75, 3.05) is 6.61 Å². The van der Waals surface area contributed by atoms with Crippen LogP contribution in [0.4, 0.5) is 9.59 Å². The minimum absolute atomic E-state index is 0.00927. The van der Waals surface area contributed by atoms with Crippen LogP contribution in [0.15, 0.2) is 65.3 Å². The molecule has 0 radical (unpaired) electrons.